The van der Waals surface area contributed by atoms with E-state index >= 15 is 0 Å². The average Bonchev–Trinajstić information content (AvgIpc) is 4.17. The van der Waals surface area contributed by atoms with Crippen LogP contribution in [-0.4, -0.2) is 118 Å². The lowest BCUT2D eigenvalue weighted by Crippen LogP contribution is -2.42. The highest BCUT2D eigenvalue weighted by Crippen LogP contribution is 2.29. The molecule has 12 heteroatoms. The summed E-state index contributed by atoms with van der Waals surface area (Å²) in [5.41, 5.74) is 4.50. The number of nitrogens with zero attached hydrogens (tertiary/aromatic N) is 5. The van der Waals surface area contributed by atoms with E-state index in [1.165, 1.54) is 30.4 Å². The van der Waals surface area contributed by atoms with Crippen LogP contribution in [0, 0.1) is 11.8 Å². The SMILES string of the molecule is CC(C)(C)OC(=O)N1CCC[C@H]1COc1cncc(N2CC[C@@H](COCCCc3ccccc3)C2)c1.c1ccc(CCCOC[C@@H]2CCN(c3cncc(OC[C@@H]4CCCN4)c3)C2)cc1. The molecule has 12 nitrogen and oxygen atoms in total. The minimum Gasteiger partial charge on any atom is -0.490 e. The van der Waals surface area contributed by atoms with Gasteiger partial charge in [-0.05, 0) is 103 Å². The molecule has 0 aliphatic carbocycles. The second-order valence-corrected chi connectivity index (χ2v) is 19.2. The lowest BCUT2D eigenvalue weighted by molar-refractivity contribution is 0.0187. The van der Waals surface area contributed by atoms with Crippen molar-refractivity contribution >= 4 is 17.5 Å². The van der Waals surface area contributed by atoms with E-state index in [9.17, 15) is 4.79 Å². The number of hydrogen-bond acceptors (Lipinski definition) is 11. The first kappa shape index (κ1) is 48.0. The Labute approximate surface area is 388 Å². The number of benzene rings is 2. The maximum Gasteiger partial charge on any atom is 0.410 e. The van der Waals surface area contributed by atoms with Crippen LogP contribution in [0.1, 0.15) is 83.3 Å². The summed E-state index contributed by atoms with van der Waals surface area (Å²) in [6.45, 7) is 16.0. The number of likely N-dealkylation sites (tertiary alicyclic amines) is 1. The van der Waals surface area contributed by atoms with Gasteiger partial charge in [0.15, 0.2) is 0 Å². The molecule has 4 fully saturated rings. The highest BCUT2D eigenvalue weighted by atomic mass is 16.6. The van der Waals surface area contributed by atoms with Gasteiger partial charge in [-0.2, -0.15) is 0 Å². The van der Waals surface area contributed by atoms with E-state index in [1.807, 2.05) is 39.4 Å². The molecule has 1 amide bonds. The van der Waals surface area contributed by atoms with Gasteiger partial charge in [-0.1, -0.05) is 60.7 Å². The van der Waals surface area contributed by atoms with Gasteiger partial charge in [0, 0.05) is 75.9 Å². The van der Waals surface area contributed by atoms with Gasteiger partial charge in [0.2, 0.25) is 0 Å². The molecular weight excluding hydrogens is 817 g/mol. The van der Waals surface area contributed by atoms with Crippen LogP contribution >= 0.6 is 0 Å². The number of pyridine rings is 2. The minimum atomic E-state index is -0.496. The Morgan fingerprint density at radius 2 is 1.22 bits per heavy atom. The standard InChI is InChI=1S/C29H41N3O4.C24H33N3O2/c1-29(2,3)36-28(33)32-14-7-12-25(32)22-35-27-17-26(18-30-19-27)31-15-13-24(20-31)21-34-16-8-11-23-9-5-4-6-10-23;1-2-6-20(7-3-1)8-5-13-28-18-21-10-12-27(17-21)23-14-24(16-25-15-23)29-19-22-9-4-11-26-22/h4-6,9-10,17-19,24-25H,7-8,11-16,20-22H2,1-3H3;1-3,6-7,14-16,21-22,26H,4-5,8-13,17-19H2/t24-,25+;21-,22+/m11/s1. The summed E-state index contributed by atoms with van der Waals surface area (Å²) in [6.07, 6.45) is 18.1. The number of nitrogens with one attached hydrogen (secondary N) is 1. The Morgan fingerprint density at radius 3 is 1.74 bits per heavy atom. The van der Waals surface area contributed by atoms with E-state index in [-0.39, 0.29) is 12.1 Å². The summed E-state index contributed by atoms with van der Waals surface area (Å²) in [6, 6.07) is 25.9. The van der Waals surface area contributed by atoms with E-state index in [1.54, 1.807) is 11.1 Å². The molecule has 2 aromatic heterocycles. The van der Waals surface area contributed by atoms with Crippen LogP contribution < -0.4 is 24.6 Å². The monoisotopic (exact) mass is 891 g/mol. The number of ether oxygens (including phenoxy) is 5. The predicted molar refractivity (Wildman–Crippen MR) is 258 cm³/mol. The third-order valence-corrected chi connectivity index (χ3v) is 12.7. The van der Waals surface area contributed by atoms with Gasteiger partial charge in [-0.25, -0.2) is 4.79 Å². The third kappa shape index (κ3) is 16.2. The molecule has 4 aliphatic heterocycles. The third-order valence-electron chi connectivity index (χ3n) is 12.7. The van der Waals surface area contributed by atoms with Gasteiger partial charge in [-0.3, -0.25) is 9.97 Å². The molecule has 0 radical (unpaired) electrons. The number of hydrogen-bond donors (Lipinski definition) is 1. The molecule has 0 saturated carbocycles. The smallest absolute Gasteiger partial charge is 0.410 e. The summed E-state index contributed by atoms with van der Waals surface area (Å²) in [5, 5.41) is 3.47. The quantitative estimate of drug-likeness (QED) is 0.0859. The number of aryl methyl sites for hydroxylation is 2. The van der Waals surface area contributed by atoms with Gasteiger partial charge >= 0.3 is 6.09 Å². The Balaban J connectivity index is 0.000000198. The van der Waals surface area contributed by atoms with Crippen molar-refractivity contribution in [3.63, 3.8) is 0 Å². The lowest BCUT2D eigenvalue weighted by Gasteiger charge is -2.28. The zero-order chi connectivity index (χ0) is 45.1. The molecule has 4 aliphatic rings. The highest BCUT2D eigenvalue weighted by molar-refractivity contribution is 5.69. The molecule has 0 spiro atoms. The number of carbonyl (C=O) groups is 1. The lowest BCUT2D eigenvalue weighted by atomic mass is 10.1. The van der Waals surface area contributed by atoms with Gasteiger partial charge in [-0.15, -0.1) is 0 Å². The molecule has 8 rings (SSSR count). The fraction of sp³-hybridized carbons (Fsp3) is 0.566. The van der Waals surface area contributed by atoms with Gasteiger partial charge in [0.1, 0.15) is 30.3 Å². The normalized spacial score (nSPS) is 20.8. The summed E-state index contributed by atoms with van der Waals surface area (Å²) in [7, 11) is 0. The number of rotatable bonds is 20. The van der Waals surface area contributed by atoms with Gasteiger partial charge in [0.05, 0.1) is 55.4 Å². The van der Waals surface area contributed by atoms with E-state index in [0.29, 0.717) is 31.0 Å². The first-order valence-corrected chi connectivity index (χ1v) is 24.4. The second-order valence-electron chi connectivity index (χ2n) is 19.2. The molecule has 6 heterocycles. The summed E-state index contributed by atoms with van der Waals surface area (Å²) in [4.78, 5) is 27.9. The number of carbonyl (C=O) groups excluding carboxylic acids is 1. The van der Waals surface area contributed by atoms with Crippen molar-refractivity contribution < 1.29 is 28.5 Å². The topological polar surface area (TPSA) is 111 Å². The zero-order valence-corrected chi connectivity index (χ0v) is 39.3. The fourth-order valence-corrected chi connectivity index (χ4v) is 9.13. The predicted octanol–water partition coefficient (Wildman–Crippen LogP) is 9.02. The Bertz CT molecular complexity index is 1980. The summed E-state index contributed by atoms with van der Waals surface area (Å²) >= 11 is 0. The molecule has 1 N–H and O–H groups in total. The van der Waals surface area contributed by atoms with Gasteiger partial charge < -0.3 is 43.7 Å². The molecule has 0 unspecified atom stereocenters. The van der Waals surface area contributed by atoms with E-state index < -0.39 is 5.60 Å². The summed E-state index contributed by atoms with van der Waals surface area (Å²) < 4.78 is 29.6. The largest absolute Gasteiger partial charge is 0.490 e. The molecule has 4 atom stereocenters. The van der Waals surface area contributed by atoms with Crippen molar-refractivity contribution in [3.8, 4) is 11.5 Å². The first-order valence-electron chi connectivity index (χ1n) is 24.4. The van der Waals surface area contributed by atoms with Crippen molar-refractivity contribution in [2.24, 2.45) is 11.8 Å². The highest BCUT2D eigenvalue weighted by Gasteiger charge is 2.33. The molecule has 4 saturated heterocycles. The van der Waals surface area contributed by atoms with Crippen molar-refractivity contribution in [3.05, 3.63) is 109 Å². The van der Waals surface area contributed by atoms with Crippen molar-refractivity contribution in [2.45, 2.75) is 103 Å². The van der Waals surface area contributed by atoms with Crippen LogP contribution in [-0.2, 0) is 27.1 Å². The second kappa shape index (κ2) is 25.1. The van der Waals surface area contributed by atoms with E-state index in [2.05, 4.69) is 97.9 Å². The molecule has 4 aromatic rings. The maximum atomic E-state index is 12.5. The Hall–Kier alpha value is -4.91. The van der Waals surface area contributed by atoms with E-state index in [4.69, 9.17) is 23.7 Å². The number of amides is 1. The molecule has 352 valence electrons. The van der Waals surface area contributed by atoms with Crippen LogP contribution in [0.5, 0.6) is 11.5 Å². The van der Waals surface area contributed by atoms with Crippen molar-refractivity contribution in [1.29, 1.82) is 0 Å². The summed E-state index contributed by atoms with van der Waals surface area (Å²) in [5.74, 6) is 2.74. The first-order chi connectivity index (χ1) is 31.7. The minimum absolute atomic E-state index is 0.0266. The van der Waals surface area contributed by atoms with Crippen molar-refractivity contribution in [1.82, 2.24) is 20.2 Å². The molecular formula is C53H74N6O6. The number of aromatic nitrogens is 2. The molecule has 2 aromatic carbocycles. The number of anilines is 2. The molecule has 0 bridgehead atoms. The van der Waals surface area contributed by atoms with Gasteiger partial charge in [0.25, 0.3) is 0 Å². The fourth-order valence-electron chi connectivity index (χ4n) is 9.13. The van der Waals surface area contributed by atoms with Crippen LogP contribution in [0.25, 0.3) is 0 Å². The molecule has 65 heavy (non-hydrogen) atoms. The van der Waals surface area contributed by atoms with E-state index in [0.717, 1.165) is 134 Å². The van der Waals surface area contributed by atoms with Crippen LogP contribution in [0.15, 0.2) is 97.6 Å². The van der Waals surface area contributed by atoms with Crippen molar-refractivity contribution in [2.75, 3.05) is 88.7 Å². The maximum absolute atomic E-state index is 12.5. The average molecular weight is 891 g/mol. The van der Waals surface area contributed by atoms with Crippen LogP contribution in [0.3, 0.4) is 0 Å². The zero-order valence-electron chi connectivity index (χ0n) is 39.3. The van der Waals surface area contributed by atoms with Crippen LogP contribution in [0.2, 0.25) is 0 Å². The Kier molecular flexibility index (Phi) is 18.6. The van der Waals surface area contributed by atoms with Crippen LogP contribution in [0.4, 0.5) is 16.2 Å². The Morgan fingerprint density at radius 1 is 0.662 bits per heavy atom.